The second-order valence-electron chi connectivity index (χ2n) is 20.6. The number of amides is 1. The molecule has 6 rings (SSSR count). The van der Waals surface area contributed by atoms with Crippen LogP contribution in [0.4, 0.5) is 0 Å². The number of ether oxygens (including phenoxy) is 1. The van der Waals surface area contributed by atoms with Gasteiger partial charge in [-0.3, -0.25) is 14.4 Å². The summed E-state index contributed by atoms with van der Waals surface area (Å²) in [7, 11) is -3.27. The van der Waals surface area contributed by atoms with Gasteiger partial charge in [-0.2, -0.15) is 0 Å². The average Bonchev–Trinajstić information content (AvgIpc) is 3.64. The molecule has 0 aromatic heterocycles. The van der Waals surface area contributed by atoms with E-state index in [0.717, 1.165) is 57.8 Å². The summed E-state index contributed by atoms with van der Waals surface area (Å²) in [5, 5.41) is 12.9. The van der Waals surface area contributed by atoms with Crippen molar-refractivity contribution in [2.45, 2.75) is 151 Å². The lowest BCUT2D eigenvalue weighted by Crippen LogP contribution is -2.67. The number of esters is 1. The normalized spacial score (nSPS) is 43.0. The molecule has 0 aromatic carbocycles. The van der Waals surface area contributed by atoms with Crippen molar-refractivity contribution in [3.63, 3.8) is 0 Å². The Bertz CT molecular complexity index is 1590. The van der Waals surface area contributed by atoms with Gasteiger partial charge in [0.1, 0.15) is 6.10 Å². The molecule has 6 fully saturated rings. The molecule has 11 atom stereocenters. The maximum absolute atomic E-state index is 13.9. The lowest BCUT2D eigenvalue weighted by atomic mass is 9.32. The highest BCUT2D eigenvalue weighted by Gasteiger charge is 2.71. The summed E-state index contributed by atoms with van der Waals surface area (Å²) in [4.78, 5) is 38.7. The van der Waals surface area contributed by atoms with Crippen molar-refractivity contribution >= 4 is 27.9 Å². The first-order chi connectivity index (χ1) is 23.9. The number of sulfonamides is 1. The van der Waals surface area contributed by atoms with Gasteiger partial charge < -0.3 is 15.2 Å². The molecule has 1 heterocycles. The molecule has 6 aliphatic rings. The van der Waals surface area contributed by atoms with Crippen molar-refractivity contribution in [2.24, 2.45) is 62.1 Å². The Kier molecular flexibility index (Phi) is 10.0. The summed E-state index contributed by atoms with van der Waals surface area (Å²) < 4.78 is 31.9. The van der Waals surface area contributed by atoms with E-state index in [-0.39, 0.29) is 51.5 Å². The van der Waals surface area contributed by atoms with Gasteiger partial charge in [0.2, 0.25) is 15.9 Å². The van der Waals surface area contributed by atoms with Crippen LogP contribution in [0.15, 0.2) is 12.2 Å². The summed E-state index contributed by atoms with van der Waals surface area (Å²) in [6.07, 6.45) is 12.7. The Morgan fingerprint density at radius 2 is 1.60 bits per heavy atom. The molecule has 5 saturated carbocycles. The number of nitrogens with zero attached hydrogens (tertiary/aromatic N) is 1. The topological polar surface area (TPSA) is 130 Å². The van der Waals surface area contributed by atoms with Crippen molar-refractivity contribution in [1.82, 2.24) is 9.62 Å². The van der Waals surface area contributed by atoms with E-state index in [9.17, 15) is 27.9 Å². The van der Waals surface area contributed by atoms with Crippen LogP contribution >= 0.6 is 0 Å². The zero-order chi connectivity index (χ0) is 38.4. The van der Waals surface area contributed by atoms with Crippen molar-refractivity contribution in [1.29, 1.82) is 0 Å². The predicted octanol–water partition coefficient (Wildman–Crippen LogP) is 7.60. The maximum Gasteiger partial charge on any atom is 0.309 e. The number of nitrogens with one attached hydrogen (secondary N) is 1. The fourth-order valence-corrected chi connectivity index (χ4v) is 15.0. The highest BCUT2D eigenvalue weighted by Crippen LogP contribution is 2.78. The van der Waals surface area contributed by atoms with Gasteiger partial charge in [0.25, 0.3) is 0 Å². The molecule has 0 spiro atoms. The SMILES string of the molecule is C=C(C)[C@@H]1CC[C@]2(CC(=O)N[C@H]3CCN(S(C)(=O)=O)C3)CC[C@]3(C)[C@H](CC[C@@H]4[C@@]5(C)CC[C@H](OC(=O)CC(C)(C)C(=O)O)C(C)(C)[C@@H]5CC[C@]43C)[C@@H]12. The van der Waals surface area contributed by atoms with Crippen LogP contribution in [0, 0.1) is 62.1 Å². The minimum Gasteiger partial charge on any atom is -0.481 e. The van der Waals surface area contributed by atoms with Crippen LogP contribution in [0.25, 0.3) is 0 Å². The Hall–Kier alpha value is -1.94. The zero-order valence-electron chi connectivity index (χ0n) is 33.6. The third-order valence-corrected chi connectivity index (χ3v) is 18.4. The third kappa shape index (κ3) is 6.29. The molecular weight excluding hydrogens is 677 g/mol. The minimum absolute atomic E-state index is 0.0591. The molecule has 1 amide bonds. The Labute approximate surface area is 313 Å². The first-order valence-electron chi connectivity index (χ1n) is 20.2. The minimum atomic E-state index is -3.27. The number of fused-ring (bicyclic) bond motifs is 7. The Balaban J connectivity index is 1.22. The predicted molar refractivity (Wildman–Crippen MR) is 202 cm³/mol. The summed E-state index contributed by atoms with van der Waals surface area (Å²) in [5.41, 5.74) is 0.181. The number of carboxylic acids is 1. The van der Waals surface area contributed by atoms with Gasteiger partial charge in [-0.25, -0.2) is 12.7 Å². The van der Waals surface area contributed by atoms with E-state index in [1.54, 1.807) is 13.8 Å². The average molecular weight is 745 g/mol. The van der Waals surface area contributed by atoms with Crippen molar-refractivity contribution < 1.29 is 32.6 Å². The number of carbonyl (C=O) groups is 3. The molecule has 0 radical (unpaired) electrons. The van der Waals surface area contributed by atoms with Crippen LogP contribution in [-0.2, 0) is 29.1 Å². The number of aliphatic carboxylic acids is 1. The number of carboxylic acid groups (broad SMARTS) is 1. The number of hydrogen-bond acceptors (Lipinski definition) is 6. The van der Waals surface area contributed by atoms with Gasteiger partial charge in [0, 0.05) is 31.0 Å². The highest BCUT2D eigenvalue weighted by atomic mass is 32.2. The van der Waals surface area contributed by atoms with E-state index < -0.39 is 27.4 Å². The number of rotatable bonds is 9. The van der Waals surface area contributed by atoms with Gasteiger partial charge in [-0.15, -0.1) is 0 Å². The van der Waals surface area contributed by atoms with Crippen molar-refractivity contribution in [2.75, 3.05) is 19.3 Å². The lowest BCUT2D eigenvalue weighted by molar-refractivity contribution is -0.250. The van der Waals surface area contributed by atoms with Gasteiger partial charge in [0.05, 0.1) is 18.1 Å². The second kappa shape index (κ2) is 13.1. The number of allylic oxidation sites excluding steroid dienone is 1. The maximum atomic E-state index is 13.9. The van der Waals surface area contributed by atoms with E-state index >= 15 is 0 Å². The molecule has 294 valence electrons. The van der Waals surface area contributed by atoms with E-state index in [1.807, 2.05) is 0 Å². The fourth-order valence-electron chi connectivity index (χ4n) is 14.2. The summed E-state index contributed by atoms with van der Waals surface area (Å²) in [5.74, 6) is 0.950. The standard InChI is InChI=1S/C42H68N2O7S/c1-26(2)28-13-19-42(23-33(45)43-27-16-22-44(25-27)52(10,49)50)21-20-40(8)29(35(28)42)11-12-31-39(7)17-15-32(51-34(46)24-37(3,4)36(47)48)38(5,6)30(39)14-18-41(31,40)9/h27-32,35H,1,11-25H2,2-10H3,(H,43,45)(H,47,48)/t27-,28-,29+,30-,31+,32-,35+,39-,40+,41+,42+/m0/s1. The monoisotopic (exact) mass is 744 g/mol. The van der Waals surface area contributed by atoms with E-state index in [0.29, 0.717) is 55.5 Å². The van der Waals surface area contributed by atoms with Gasteiger partial charge in [-0.05, 0) is 143 Å². The Morgan fingerprint density at radius 3 is 2.21 bits per heavy atom. The molecular formula is C42H68N2O7S. The van der Waals surface area contributed by atoms with Crippen molar-refractivity contribution in [3.05, 3.63) is 12.2 Å². The van der Waals surface area contributed by atoms with Gasteiger partial charge in [0.15, 0.2) is 0 Å². The highest BCUT2D eigenvalue weighted by molar-refractivity contribution is 7.88. The van der Waals surface area contributed by atoms with Crippen molar-refractivity contribution in [3.8, 4) is 0 Å². The van der Waals surface area contributed by atoms with Crippen LogP contribution in [0.5, 0.6) is 0 Å². The molecule has 2 N–H and O–H groups in total. The van der Waals surface area contributed by atoms with Crippen LogP contribution < -0.4 is 5.32 Å². The molecule has 1 saturated heterocycles. The van der Waals surface area contributed by atoms with Gasteiger partial charge >= 0.3 is 11.9 Å². The largest absolute Gasteiger partial charge is 0.481 e. The molecule has 0 unspecified atom stereocenters. The van der Waals surface area contributed by atoms with Crippen LogP contribution in [-0.4, -0.2) is 67.2 Å². The summed E-state index contributed by atoms with van der Waals surface area (Å²) >= 11 is 0. The zero-order valence-corrected chi connectivity index (χ0v) is 34.4. The van der Waals surface area contributed by atoms with Crippen LogP contribution in [0.3, 0.4) is 0 Å². The molecule has 0 aromatic rings. The van der Waals surface area contributed by atoms with Gasteiger partial charge in [-0.1, -0.05) is 46.8 Å². The first kappa shape index (κ1) is 39.7. The first-order valence-corrected chi connectivity index (χ1v) is 22.1. The lowest BCUT2D eigenvalue weighted by Gasteiger charge is -2.73. The fraction of sp³-hybridized carbons (Fsp3) is 0.881. The molecule has 9 nitrogen and oxygen atoms in total. The Morgan fingerprint density at radius 1 is 0.904 bits per heavy atom. The van der Waals surface area contributed by atoms with E-state index in [1.165, 1.54) is 22.6 Å². The molecule has 52 heavy (non-hydrogen) atoms. The number of hydrogen-bond donors (Lipinski definition) is 2. The molecule has 0 bridgehead atoms. The molecule has 5 aliphatic carbocycles. The van der Waals surface area contributed by atoms with E-state index in [2.05, 4.69) is 53.4 Å². The van der Waals surface area contributed by atoms with Crippen LogP contribution in [0.2, 0.25) is 0 Å². The second-order valence-corrected chi connectivity index (χ2v) is 22.6. The summed E-state index contributed by atoms with van der Waals surface area (Å²) in [6.45, 7) is 23.0. The summed E-state index contributed by atoms with van der Waals surface area (Å²) in [6, 6.07) is -0.131. The molecule has 1 aliphatic heterocycles. The molecule has 10 heteroatoms. The smallest absolute Gasteiger partial charge is 0.309 e. The number of carbonyl (C=O) groups excluding carboxylic acids is 2. The van der Waals surface area contributed by atoms with Crippen LogP contribution in [0.1, 0.15) is 139 Å². The third-order valence-electron chi connectivity index (χ3n) is 17.1. The quantitative estimate of drug-likeness (QED) is 0.184. The van der Waals surface area contributed by atoms with E-state index in [4.69, 9.17) is 4.74 Å².